The largest absolute Gasteiger partial charge is 0.357 e. The number of fused-ring (bicyclic) bond motifs is 2. The molecule has 184 valence electrons. The maximum Gasteiger partial charge on any atom is 0.116 e. The van der Waals surface area contributed by atoms with Crippen molar-refractivity contribution in [2.45, 2.75) is 6.92 Å². The Hall–Kier alpha value is -4.27. The summed E-state index contributed by atoms with van der Waals surface area (Å²) in [5, 5.41) is 13.3. The number of nitrogens with one attached hydrogen (secondary N) is 3. The summed E-state index contributed by atoms with van der Waals surface area (Å²) in [6, 6.07) is 17.0. The molecule has 0 bridgehead atoms. The van der Waals surface area contributed by atoms with Crippen LogP contribution in [0.4, 0.5) is 5.69 Å². The second kappa shape index (κ2) is 9.31. The van der Waals surface area contributed by atoms with Gasteiger partial charge in [0, 0.05) is 55.6 Å². The highest BCUT2D eigenvalue weighted by molar-refractivity contribution is 7.15. The van der Waals surface area contributed by atoms with Gasteiger partial charge >= 0.3 is 0 Å². The quantitative estimate of drug-likeness (QED) is 0.225. The third kappa shape index (κ3) is 4.52. The first-order valence-corrected chi connectivity index (χ1v) is 12.8. The van der Waals surface area contributed by atoms with Gasteiger partial charge in [-0.05, 0) is 57.4 Å². The van der Waals surface area contributed by atoms with Crippen LogP contribution < -0.4 is 5.32 Å². The fourth-order valence-electron chi connectivity index (χ4n) is 4.63. The molecule has 0 fully saturated rings. The number of aryl methyl sites for hydroxylation is 1. The molecule has 0 aliphatic heterocycles. The molecule has 0 spiro atoms. The number of rotatable bonds is 7. The van der Waals surface area contributed by atoms with Crippen molar-refractivity contribution in [1.29, 1.82) is 0 Å². The monoisotopic (exact) mass is 505 g/mol. The SMILES string of the molecule is C=C(CN(C)C)Nc1cncc(-c2cc3c(-c4cc5c(-c6ccc(C)s6)cccc5[nH]4)n[nH]c3cn2)c1. The summed E-state index contributed by atoms with van der Waals surface area (Å²) in [7, 11) is 4.03. The van der Waals surface area contributed by atoms with Crippen molar-refractivity contribution in [2.75, 3.05) is 26.0 Å². The standard InChI is InChI=1S/C29H27N7S/c1-17(16-36(3)4)32-20-10-19(13-30-14-20)25-12-23-27(15-31-25)34-35-29(23)26-11-22-21(6-5-7-24(22)33-26)28-9-8-18(2)37-28/h5-15,32-33H,1,16H2,2-4H3,(H,34,35). The summed E-state index contributed by atoms with van der Waals surface area (Å²) in [4.78, 5) is 17.3. The molecule has 37 heavy (non-hydrogen) atoms. The lowest BCUT2D eigenvalue weighted by Gasteiger charge is -2.14. The molecule has 0 atom stereocenters. The second-order valence-corrected chi connectivity index (χ2v) is 10.8. The molecule has 0 unspecified atom stereocenters. The molecular weight excluding hydrogens is 478 g/mol. The summed E-state index contributed by atoms with van der Waals surface area (Å²) < 4.78 is 0. The molecule has 0 aliphatic rings. The summed E-state index contributed by atoms with van der Waals surface area (Å²) in [6.07, 6.45) is 5.45. The molecule has 7 nitrogen and oxygen atoms in total. The average molecular weight is 506 g/mol. The molecule has 0 saturated carbocycles. The van der Waals surface area contributed by atoms with Gasteiger partial charge in [-0.3, -0.25) is 15.1 Å². The first-order chi connectivity index (χ1) is 17.9. The van der Waals surface area contributed by atoms with Crippen LogP contribution in [0.25, 0.3) is 54.9 Å². The Morgan fingerprint density at radius 2 is 1.92 bits per heavy atom. The van der Waals surface area contributed by atoms with E-state index in [9.17, 15) is 0 Å². The van der Waals surface area contributed by atoms with E-state index in [1.54, 1.807) is 6.20 Å². The highest BCUT2D eigenvalue weighted by Gasteiger charge is 2.15. The highest BCUT2D eigenvalue weighted by Crippen LogP contribution is 2.37. The molecule has 0 saturated heterocycles. The molecule has 3 N–H and O–H groups in total. The van der Waals surface area contributed by atoms with Gasteiger partial charge in [-0.1, -0.05) is 18.7 Å². The maximum atomic E-state index is 4.67. The molecule has 1 aromatic carbocycles. The fourth-order valence-corrected chi connectivity index (χ4v) is 5.54. The predicted molar refractivity (Wildman–Crippen MR) is 154 cm³/mol. The van der Waals surface area contributed by atoms with Crippen molar-refractivity contribution in [2.24, 2.45) is 0 Å². The third-order valence-corrected chi connectivity index (χ3v) is 7.27. The van der Waals surface area contributed by atoms with Gasteiger partial charge in [0.25, 0.3) is 0 Å². The average Bonchev–Trinajstić information content (AvgIpc) is 3.60. The Labute approximate surface area is 218 Å². The zero-order chi connectivity index (χ0) is 25.5. The minimum Gasteiger partial charge on any atom is -0.357 e. The van der Waals surface area contributed by atoms with Crippen molar-refractivity contribution >= 4 is 38.8 Å². The van der Waals surface area contributed by atoms with Crippen LogP contribution in [0.5, 0.6) is 0 Å². The van der Waals surface area contributed by atoms with E-state index in [-0.39, 0.29) is 0 Å². The van der Waals surface area contributed by atoms with E-state index >= 15 is 0 Å². The molecule has 5 heterocycles. The first-order valence-electron chi connectivity index (χ1n) is 12.0. The number of benzene rings is 1. The Morgan fingerprint density at radius 1 is 1.03 bits per heavy atom. The van der Waals surface area contributed by atoms with Crippen LogP contribution in [0.1, 0.15) is 4.88 Å². The number of H-pyrrole nitrogens is 2. The van der Waals surface area contributed by atoms with Gasteiger partial charge in [0.05, 0.1) is 35.0 Å². The van der Waals surface area contributed by atoms with Crippen molar-refractivity contribution in [1.82, 2.24) is 30.0 Å². The van der Waals surface area contributed by atoms with Gasteiger partial charge in [-0.25, -0.2) is 0 Å². The number of anilines is 1. The smallest absolute Gasteiger partial charge is 0.116 e. The van der Waals surface area contributed by atoms with Crippen molar-refractivity contribution in [3.8, 4) is 33.1 Å². The predicted octanol–water partition coefficient (Wildman–Crippen LogP) is 6.69. The van der Waals surface area contributed by atoms with E-state index in [0.717, 1.165) is 57.0 Å². The van der Waals surface area contributed by atoms with Gasteiger partial charge < -0.3 is 15.2 Å². The molecular formula is C29H27N7S. The number of thiophene rings is 1. The van der Waals surface area contributed by atoms with E-state index in [4.69, 9.17) is 0 Å². The normalized spacial score (nSPS) is 11.6. The van der Waals surface area contributed by atoms with Gasteiger partial charge in [0.2, 0.25) is 0 Å². The van der Waals surface area contributed by atoms with Crippen molar-refractivity contribution < 1.29 is 0 Å². The number of aromatic nitrogens is 5. The lowest BCUT2D eigenvalue weighted by Crippen LogP contribution is -2.18. The number of pyridine rings is 2. The molecule has 8 heteroatoms. The lowest BCUT2D eigenvalue weighted by atomic mass is 10.1. The number of likely N-dealkylation sites (N-methyl/N-ethyl adjacent to an activating group) is 1. The van der Waals surface area contributed by atoms with Crippen LogP contribution in [-0.2, 0) is 0 Å². The molecule has 0 aliphatic carbocycles. The highest BCUT2D eigenvalue weighted by atomic mass is 32.1. The number of nitrogens with zero attached hydrogens (tertiary/aromatic N) is 4. The van der Waals surface area contributed by atoms with Gasteiger partial charge in [-0.2, -0.15) is 5.10 Å². The molecule has 5 aromatic heterocycles. The molecule has 6 aromatic rings. The summed E-state index contributed by atoms with van der Waals surface area (Å²) in [5.41, 5.74) is 8.56. The zero-order valence-corrected chi connectivity index (χ0v) is 21.8. The van der Waals surface area contributed by atoms with Crippen LogP contribution in [-0.4, -0.2) is 50.7 Å². The van der Waals surface area contributed by atoms with E-state index in [0.29, 0.717) is 0 Å². The minimum atomic E-state index is 0.741. The Balaban J connectivity index is 1.38. The Kier molecular flexibility index (Phi) is 5.82. The maximum absolute atomic E-state index is 4.67. The summed E-state index contributed by atoms with van der Waals surface area (Å²) in [6.45, 7) is 6.98. The van der Waals surface area contributed by atoms with Gasteiger partial charge in [0.1, 0.15) is 5.69 Å². The molecule has 0 radical (unpaired) electrons. The first kappa shape index (κ1) is 23.1. The fraction of sp³-hybridized carbons (Fsp3) is 0.138. The summed E-state index contributed by atoms with van der Waals surface area (Å²) in [5.74, 6) is 0. The number of aromatic amines is 2. The van der Waals surface area contributed by atoms with Crippen LogP contribution in [0.15, 0.2) is 79.4 Å². The van der Waals surface area contributed by atoms with Crippen LogP contribution >= 0.6 is 11.3 Å². The topological polar surface area (TPSA) is 85.5 Å². The van der Waals surface area contributed by atoms with Crippen molar-refractivity contribution in [3.05, 3.63) is 84.3 Å². The molecule has 6 rings (SSSR count). The zero-order valence-electron chi connectivity index (χ0n) is 21.0. The van der Waals surface area contributed by atoms with Crippen molar-refractivity contribution in [3.63, 3.8) is 0 Å². The van der Waals surface area contributed by atoms with E-state index in [1.807, 2.05) is 43.9 Å². The second-order valence-electron chi connectivity index (χ2n) is 9.48. The third-order valence-electron chi connectivity index (χ3n) is 6.23. The Morgan fingerprint density at radius 3 is 2.73 bits per heavy atom. The van der Waals surface area contributed by atoms with E-state index in [1.165, 1.54) is 20.7 Å². The lowest BCUT2D eigenvalue weighted by molar-refractivity contribution is 0.447. The molecule has 0 amide bonds. The van der Waals surface area contributed by atoms with E-state index < -0.39 is 0 Å². The van der Waals surface area contributed by atoms with E-state index in [2.05, 4.69) is 91.3 Å². The Bertz CT molecular complexity index is 1750. The number of hydrogen-bond donors (Lipinski definition) is 3. The van der Waals surface area contributed by atoms with Crippen LogP contribution in [0.2, 0.25) is 0 Å². The van der Waals surface area contributed by atoms with Gasteiger partial charge in [-0.15, -0.1) is 11.3 Å². The minimum absolute atomic E-state index is 0.741. The van der Waals surface area contributed by atoms with Gasteiger partial charge in [0.15, 0.2) is 0 Å². The number of hydrogen-bond acceptors (Lipinski definition) is 6. The summed E-state index contributed by atoms with van der Waals surface area (Å²) >= 11 is 1.81. The van der Waals surface area contributed by atoms with Crippen LogP contribution in [0, 0.1) is 6.92 Å². The van der Waals surface area contributed by atoms with Crippen LogP contribution in [0.3, 0.4) is 0 Å².